The van der Waals surface area contributed by atoms with E-state index in [1.165, 1.54) is 60.4 Å². The van der Waals surface area contributed by atoms with Gasteiger partial charge in [0, 0.05) is 16.7 Å². The quantitative estimate of drug-likeness (QED) is 0.135. The van der Waals surface area contributed by atoms with Gasteiger partial charge in [0.2, 0.25) is 0 Å². The minimum Gasteiger partial charge on any atom is -0.228 e. The molecule has 0 aliphatic heterocycles. The van der Waals surface area contributed by atoms with Crippen molar-refractivity contribution in [2.45, 2.75) is 44.7 Å². The van der Waals surface area contributed by atoms with Gasteiger partial charge in [0.25, 0.3) is 0 Å². The monoisotopic (exact) mass is 844 g/mol. The van der Waals surface area contributed by atoms with E-state index in [2.05, 4.69) is 221 Å². The van der Waals surface area contributed by atoms with E-state index in [9.17, 15) is 0 Å². The van der Waals surface area contributed by atoms with E-state index in [0.717, 1.165) is 33.6 Å². The summed E-state index contributed by atoms with van der Waals surface area (Å²) >= 11 is 0. The maximum absolute atomic E-state index is 5.19. The third kappa shape index (κ3) is 7.43. The number of fused-ring (bicyclic) bond motifs is 3. The molecule has 0 bridgehead atoms. The predicted molar refractivity (Wildman–Crippen MR) is 272 cm³/mol. The van der Waals surface area contributed by atoms with E-state index in [1.54, 1.807) is 0 Å². The number of hydrogen-bond acceptors (Lipinski definition) is 2. The lowest BCUT2D eigenvalue weighted by Crippen LogP contribution is -2.45. The van der Waals surface area contributed by atoms with Crippen LogP contribution in [0.25, 0.3) is 67.3 Å². The normalized spacial score (nSPS) is 13.0. The highest BCUT2D eigenvalue weighted by Gasteiger charge is 2.46. The van der Waals surface area contributed by atoms with Crippen LogP contribution >= 0.6 is 0 Å². The highest BCUT2D eigenvalue weighted by molar-refractivity contribution is 6.91. The van der Waals surface area contributed by atoms with Crippen LogP contribution in [0.2, 0.25) is 39.3 Å². The van der Waals surface area contributed by atoms with Gasteiger partial charge in [-0.25, -0.2) is 9.97 Å². The molecule has 1 aliphatic carbocycles. The Balaban J connectivity index is 1.16. The number of benzene rings is 8. The largest absolute Gasteiger partial charge is 0.228 e. The Hall–Kier alpha value is -6.73. The summed E-state index contributed by atoms with van der Waals surface area (Å²) in [5.74, 6) is 0.714. The Morgan fingerprint density at radius 1 is 0.317 bits per heavy atom. The molecular weight excluding hydrogens is 793 g/mol. The molecule has 9 aromatic rings. The Labute approximate surface area is 375 Å². The van der Waals surface area contributed by atoms with E-state index in [-0.39, 0.29) is 0 Å². The summed E-state index contributed by atoms with van der Waals surface area (Å²) in [6, 6.07) is 76.0. The van der Waals surface area contributed by atoms with Crippen molar-refractivity contribution >= 4 is 26.5 Å². The molecule has 10 rings (SSSR count). The first-order valence-corrected chi connectivity index (χ1v) is 29.1. The molecule has 1 aromatic heterocycles. The van der Waals surface area contributed by atoms with E-state index in [1.807, 2.05) is 24.3 Å². The first-order valence-electron chi connectivity index (χ1n) is 22.1. The summed E-state index contributed by atoms with van der Waals surface area (Å²) in [7, 11) is -3.20. The fraction of sp³-hybridized carbons (Fsp3) is 0.119. The molecule has 306 valence electrons. The van der Waals surface area contributed by atoms with Gasteiger partial charge in [-0.15, -0.1) is 0 Å². The van der Waals surface area contributed by atoms with Crippen molar-refractivity contribution in [2.24, 2.45) is 0 Å². The van der Waals surface area contributed by atoms with Crippen LogP contribution in [0.1, 0.15) is 22.3 Å². The van der Waals surface area contributed by atoms with E-state index >= 15 is 0 Å². The molecule has 4 heteroatoms. The maximum atomic E-state index is 5.19. The Bertz CT molecular complexity index is 2980. The second kappa shape index (κ2) is 15.9. The first kappa shape index (κ1) is 40.4. The average Bonchev–Trinajstić information content (AvgIpc) is 3.61. The molecule has 0 saturated carbocycles. The van der Waals surface area contributed by atoms with Crippen molar-refractivity contribution in [1.29, 1.82) is 0 Å². The minimum atomic E-state index is -1.60. The highest BCUT2D eigenvalue weighted by Crippen LogP contribution is 2.57. The van der Waals surface area contributed by atoms with Crippen molar-refractivity contribution < 1.29 is 0 Å². The molecule has 0 fully saturated rings. The summed E-state index contributed by atoms with van der Waals surface area (Å²) in [4.78, 5) is 10.2. The third-order valence-corrected chi connectivity index (χ3v) is 16.9. The Kier molecular flexibility index (Phi) is 10.2. The van der Waals surface area contributed by atoms with Crippen LogP contribution in [0, 0.1) is 0 Å². The van der Waals surface area contributed by atoms with Gasteiger partial charge in [-0.2, -0.15) is 0 Å². The van der Waals surface area contributed by atoms with Gasteiger partial charge in [0.1, 0.15) is 0 Å². The zero-order valence-electron chi connectivity index (χ0n) is 37.0. The van der Waals surface area contributed by atoms with Gasteiger partial charge in [0.05, 0.1) is 33.0 Å². The van der Waals surface area contributed by atoms with Crippen LogP contribution in [-0.4, -0.2) is 26.1 Å². The first-order chi connectivity index (χ1) is 30.5. The van der Waals surface area contributed by atoms with Gasteiger partial charge in [-0.1, -0.05) is 232 Å². The fourth-order valence-electron chi connectivity index (χ4n) is 9.43. The van der Waals surface area contributed by atoms with Crippen molar-refractivity contribution in [3.63, 3.8) is 0 Å². The third-order valence-electron chi connectivity index (χ3n) is 12.9. The SMILES string of the molecule is C[Si](C)(C)c1cc(-c2ccc3c(c2)C(c2ccccc2)(c2ccccc2)c2cc(-c4cccc(-c5cc(-c6ccccc6)nc(-c6ccccc6)n5)c4)ccc2-3)cc([Si](C)(C)C)c1. The standard InChI is InChI=1S/C59H52N2Si2/c1-62(2,3)50-35-47(36-51(39-50)63(4,5)6)45-31-33-53-52-32-30-44(37-54(52)59(55(53)38-45,48-26-15-9-16-27-48)49-28-17-10-18-29-49)43-24-19-25-46(34-43)57-40-56(41-20-11-7-12-21-41)60-58(61-57)42-22-13-8-14-23-42/h7-40H,1-6H3. The molecule has 0 saturated heterocycles. The van der Waals surface area contributed by atoms with Gasteiger partial charge in [-0.3, -0.25) is 0 Å². The van der Waals surface area contributed by atoms with Crippen LogP contribution in [-0.2, 0) is 5.41 Å². The molecule has 8 aromatic carbocycles. The number of nitrogens with zero attached hydrogens (tertiary/aromatic N) is 2. The van der Waals surface area contributed by atoms with Crippen LogP contribution in [0.15, 0.2) is 206 Å². The molecule has 0 N–H and O–H groups in total. The van der Waals surface area contributed by atoms with Crippen molar-refractivity contribution in [1.82, 2.24) is 9.97 Å². The molecule has 0 unspecified atom stereocenters. The topological polar surface area (TPSA) is 25.8 Å². The highest BCUT2D eigenvalue weighted by atomic mass is 28.3. The summed E-state index contributed by atoms with van der Waals surface area (Å²) in [6.45, 7) is 14.8. The minimum absolute atomic E-state index is 0.545. The van der Waals surface area contributed by atoms with E-state index in [0.29, 0.717) is 5.82 Å². The van der Waals surface area contributed by atoms with Crippen LogP contribution in [0.3, 0.4) is 0 Å². The van der Waals surface area contributed by atoms with Crippen LogP contribution < -0.4 is 10.4 Å². The lowest BCUT2D eigenvalue weighted by molar-refractivity contribution is 0.769. The lowest BCUT2D eigenvalue weighted by Gasteiger charge is -2.34. The summed E-state index contributed by atoms with van der Waals surface area (Å²) in [5.41, 5.74) is 17.0. The van der Waals surface area contributed by atoms with Crippen molar-refractivity contribution in [3.05, 3.63) is 229 Å². The van der Waals surface area contributed by atoms with Crippen molar-refractivity contribution in [2.75, 3.05) is 0 Å². The number of hydrogen-bond donors (Lipinski definition) is 0. The van der Waals surface area contributed by atoms with Crippen molar-refractivity contribution in [3.8, 4) is 67.3 Å². The van der Waals surface area contributed by atoms with Gasteiger partial charge in [-0.05, 0) is 79.9 Å². The maximum Gasteiger partial charge on any atom is 0.160 e. The van der Waals surface area contributed by atoms with E-state index < -0.39 is 21.6 Å². The molecule has 0 atom stereocenters. The zero-order valence-corrected chi connectivity index (χ0v) is 39.0. The van der Waals surface area contributed by atoms with Gasteiger partial charge in [0.15, 0.2) is 5.82 Å². The summed E-state index contributed by atoms with van der Waals surface area (Å²) in [6.07, 6.45) is 0. The molecule has 1 heterocycles. The van der Waals surface area contributed by atoms with Gasteiger partial charge >= 0.3 is 0 Å². The van der Waals surface area contributed by atoms with E-state index in [4.69, 9.17) is 9.97 Å². The zero-order chi connectivity index (χ0) is 43.3. The Morgan fingerprint density at radius 2 is 0.730 bits per heavy atom. The predicted octanol–water partition coefficient (Wildman–Crippen LogP) is 14.3. The molecular formula is C59H52N2Si2. The van der Waals surface area contributed by atoms with Crippen LogP contribution in [0.5, 0.6) is 0 Å². The second-order valence-electron chi connectivity index (χ2n) is 19.1. The smallest absolute Gasteiger partial charge is 0.160 e. The summed E-state index contributed by atoms with van der Waals surface area (Å²) in [5, 5.41) is 3.06. The molecule has 1 aliphatic rings. The molecule has 0 spiro atoms. The molecule has 2 nitrogen and oxygen atoms in total. The molecule has 0 radical (unpaired) electrons. The lowest BCUT2D eigenvalue weighted by atomic mass is 9.67. The van der Waals surface area contributed by atoms with Gasteiger partial charge < -0.3 is 0 Å². The fourth-order valence-corrected chi connectivity index (χ4v) is 11.9. The van der Waals surface area contributed by atoms with Crippen LogP contribution in [0.4, 0.5) is 0 Å². The Morgan fingerprint density at radius 3 is 1.24 bits per heavy atom. The number of aromatic nitrogens is 2. The molecule has 63 heavy (non-hydrogen) atoms. The molecule has 0 amide bonds. The number of rotatable bonds is 9. The average molecular weight is 845 g/mol. The summed E-state index contributed by atoms with van der Waals surface area (Å²) < 4.78 is 0. The second-order valence-corrected chi connectivity index (χ2v) is 29.2.